The summed E-state index contributed by atoms with van der Waals surface area (Å²) in [4.78, 5) is 10.9. The van der Waals surface area contributed by atoms with Gasteiger partial charge in [-0.05, 0) is 31.4 Å². The quantitative estimate of drug-likeness (QED) is 0.543. The Hall–Kier alpha value is -2.44. The van der Waals surface area contributed by atoms with E-state index in [1.165, 1.54) is 0 Å². The highest BCUT2D eigenvalue weighted by atomic mass is 16.5. The van der Waals surface area contributed by atoms with Crippen LogP contribution in [0.25, 0.3) is 0 Å². The number of phenols is 1. The highest BCUT2D eigenvalue weighted by molar-refractivity contribution is 5.80. The molecule has 22 heavy (non-hydrogen) atoms. The van der Waals surface area contributed by atoms with Crippen LogP contribution in [0.4, 0.5) is 0 Å². The molecule has 7 heteroatoms. The van der Waals surface area contributed by atoms with Crippen molar-refractivity contribution in [3.8, 4) is 11.5 Å². The number of aldehydes is 1. The first-order valence-electron chi connectivity index (χ1n) is 7.41. The van der Waals surface area contributed by atoms with E-state index in [0.29, 0.717) is 42.0 Å². The van der Waals surface area contributed by atoms with E-state index in [2.05, 4.69) is 20.6 Å². The van der Waals surface area contributed by atoms with Gasteiger partial charge < -0.3 is 9.84 Å². The number of nitrogens with zero attached hydrogens (tertiary/aromatic N) is 3. The lowest BCUT2D eigenvalue weighted by Gasteiger charge is -2.13. The summed E-state index contributed by atoms with van der Waals surface area (Å²) in [7, 11) is 0. The molecule has 0 spiro atoms. The number of tetrazole rings is 1. The largest absolute Gasteiger partial charge is 0.507 e. The lowest BCUT2D eigenvalue weighted by atomic mass is 10.0. The van der Waals surface area contributed by atoms with E-state index in [0.717, 1.165) is 25.7 Å². The molecular weight excluding hydrogens is 284 g/mol. The van der Waals surface area contributed by atoms with E-state index in [1.54, 1.807) is 12.1 Å². The van der Waals surface area contributed by atoms with Gasteiger partial charge in [0.2, 0.25) is 0 Å². The summed E-state index contributed by atoms with van der Waals surface area (Å²) in [5.41, 5.74) is 0.998. The first-order valence-corrected chi connectivity index (χ1v) is 7.41. The van der Waals surface area contributed by atoms with Gasteiger partial charge in [0.25, 0.3) is 0 Å². The number of carbonyl (C=O) groups excluding carboxylic acids is 1. The van der Waals surface area contributed by atoms with Crippen LogP contribution in [0.5, 0.6) is 11.5 Å². The van der Waals surface area contributed by atoms with Gasteiger partial charge in [-0.3, -0.25) is 4.79 Å². The van der Waals surface area contributed by atoms with Crippen molar-refractivity contribution in [1.82, 2.24) is 20.6 Å². The van der Waals surface area contributed by atoms with Crippen molar-refractivity contribution in [2.75, 3.05) is 6.61 Å². The number of hydrogen-bond donors (Lipinski definition) is 2. The Morgan fingerprint density at radius 1 is 1.32 bits per heavy atom. The molecule has 0 amide bonds. The smallest absolute Gasteiger partial charge is 0.174 e. The third-order valence-electron chi connectivity index (χ3n) is 3.34. The van der Waals surface area contributed by atoms with Crippen LogP contribution in [-0.4, -0.2) is 38.6 Å². The Morgan fingerprint density at radius 3 is 2.86 bits per heavy atom. The molecule has 0 unspecified atom stereocenters. The number of aromatic hydroxyl groups is 1. The van der Waals surface area contributed by atoms with E-state index >= 15 is 0 Å². The first kappa shape index (κ1) is 15.9. The zero-order valence-corrected chi connectivity index (χ0v) is 12.6. The number of carbonyl (C=O) groups is 1. The summed E-state index contributed by atoms with van der Waals surface area (Å²) < 4.78 is 5.75. The molecule has 1 aromatic carbocycles. The summed E-state index contributed by atoms with van der Waals surface area (Å²) >= 11 is 0. The predicted octanol–water partition coefficient (Wildman–Crippen LogP) is 2.07. The molecule has 118 valence electrons. The number of ether oxygens (including phenoxy) is 1. The van der Waals surface area contributed by atoms with Gasteiger partial charge in [0, 0.05) is 12.0 Å². The van der Waals surface area contributed by atoms with E-state index in [1.807, 2.05) is 6.92 Å². The lowest BCUT2D eigenvalue weighted by Crippen LogP contribution is -2.03. The fourth-order valence-corrected chi connectivity index (χ4v) is 2.21. The van der Waals surface area contributed by atoms with E-state index in [-0.39, 0.29) is 5.75 Å². The lowest BCUT2D eigenvalue weighted by molar-refractivity contribution is 0.112. The highest BCUT2D eigenvalue weighted by Gasteiger charge is 2.12. The number of H-pyrrole nitrogens is 1. The zero-order chi connectivity index (χ0) is 15.8. The number of benzene rings is 1. The van der Waals surface area contributed by atoms with Gasteiger partial charge in [-0.1, -0.05) is 18.6 Å². The van der Waals surface area contributed by atoms with Gasteiger partial charge in [0.05, 0.1) is 12.2 Å². The van der Waals surface area contributed by atoms with Crippen LogP contribution in [-0.2, 0) is 12.8 Å². The minimum atomic E-state index is 0.0288. The molecule has 0 saturated carbocycles. The Bertz CT molecular complexity index is 599. The van der Waals surface area contributed by atoms with Gasteiger partial charge in [-0.15, -0.1) is 10.2 Å². The molecule has 7 nitrogen and oxygen atoms in total. The average molecular weight is 304 g/mol. The summed E-state index contributed by atoms with van der Waals surface area (Å²) in [6, 6.07) is 3.32. The van der Waals surface area contributed by atoms with Gasteiger partial charge in [-0.2, -0.15) is 5.21 Å². The molecule has 2 aromatic rings. The average Bonchev–Trinajstić information content (AvgIpc) is 3.03. The molecule has 0 aliphatic rings. The second-order valence-corrected chi connectivity index (χ2v) is 4.98. The van der Waals surface area contributed by atoms with Crippen molar-refractivity contribution in [2.45, 2.75) is 39.0 Å². The van der Waals surface area contributed by atoms with Crippen molar-refractivity contribution < 1.29 is 14.6 Å². The second kappa shape index (κ2) is 8.11. The third-order valence-corrected chi connectivity index (χ3v) is 3.34. The molecule has 2 N–H and O–H groups in total. The Labute approximate surface area is 128 Å². The number of aromatic nitrogens is 4. The number of aryl methyl sites for hydroxylation is 1. The molecule has 1 heterocycles. The molecule has 0 radical (unpaired) electrons. The number of unbranched alkanes of at least 4 members (excludes halogenated alkanes) is 1. The number of nitrogens with one attached hydrogen (secondary N) is 1. The molecule has 0 atom stereocenters. The molecule has 0 aliphatic carbocycles. The molecular formula is C15H20N4O3. The van der Waals surface area contributed by atoms with Crippen LogP contribution in [0.1, 0.15) is 47.9 Å². The summed E-state index contributed by atoms with van der Waals surface area (Å²) in [5.74, 6) is 1.37. The van der Waals surface area contributed by atoms with Crippen LogP contribution in [0.3, 0.4) is 0 Å². The van der Waals surface area contributed by atoms with Crippen LogP contribution in [0.2, 0.25) is 0 Å². The van der Waals surface area contributed by atoms with Crippen molar-refractivity contribution in [3.63, 3.8) is 0 Å². The monoisotopic (exact) mass is 304 g/mol. The fourth-order valence-electron chi connectivity index (χ4n) is 2.21. The Kier molecular flexibility index (Phi) is 5.88. The normalized spacial score (nSPS) is 10.6. The predicted molar refractivity (Wildman–Crippen MR) is 80.1 cm³/mol. The maximum Gasteiger partial charge on any atom is 0.174 e. The van der Waals surface area contributed by atoms with Crippen LogP contribution < -0.4 is 4.74 Å². The number of aromatic amines is 1. The van der Waals surface area contributed by atoms with Gasteiger partial charge in [-0.25, -0.2) is 0 Å². The third kappa shape index (κ3) is 4.03. The number of phenolic OH excluding ortho intramolecular Hbond substituents is 1. The maximum atomic E-state index is 10.9. The summed E-state index contributed by atoms with van der Waals surface area (Å²) in [5, 5.41) is 23.8. The summed E-state index contributed by atoms with van der Waals surface area (Å²) in [6.45, 7) is 2.55. The first-order chi connectivity index (χ1) is 10.8. The molecule has 0 fully saturated rings. The number of rotatable bonds is 9. The number of hydrogen-bond acceptors (Lipinski definition) is 6. The standard InChI is InChI=1S/C15H20N4O3/c1-2-5-12-13(8-7-11(10-20)15(12)21)22-9-4-3-6-14-16-18-19-17-14/h7-8,10,21H,2-6,9H2,1H3,(H,16,17,18,19). The van der Waals surface area contributed by atoms with Gasteiger partial charge >= 0.3 is 0 Å². The van der Waals surface area contributed by atoms with Gasteiger partial charge in [0.1, 0.15) is 11.5 Å². The van der Waals surface area contributed by atoms with E-state index in [4.69, 9.17) is 4.74 Å². The van der Waals surface area contributed by atoms with Crippen LogP contribution in [0.15, 0.2) is 12.1 Å². The van der Waals surface area contributed by atoms with Crippen molar-refractivity contribution >= 4 is 6.29 Å². The zero-order valence-electron chi connectivity index (χ0n) is 12.6. The SMILES string of the molecule is CCCc1c(OCCCCc2nn[nH]n2)ccc(C=O)c1O. The maximum absolute atomic E-state index is 10.9. The van der Waals surface area contributed by atoms with Crippen molar-refractivity contribution in [1.29, 1.82) is 0 Å². The highest BCUT2D eigenvalue weighted by Crippen LogP contribution is 2.31. The fraction of sp³-hybridized carbons (Fsp3) is 0.467. The molecule has 2 rings (SSSR count). The van der Waals surface area contributed by atoms with Gasteiger partial charge in [0.15, 0.2) is 12.1 Å². The topological polar surface area (TPSA) is 101 Å². The Morgan fingerprint density at radius 2 is 2.18 bits per heavy atom. The Balaban J connectivity index is 1.88. The molecule has 0 aliphatic heterocycles. The minimum Gasteiger partial charge on any atom is -0.507 e. The second-order valence-electron chi connectivity index (χ2n) is 4.98. The van der Waals surface area contributed by atoms with Crippen molar-refractivity contribution in [2.24, 2.45) is 0 Å². The molecule has 0 saturated heterocycles. The minimum absolute atomic E-state index is 0.0288. The molecule has 0 bridgehead atoms. The summed E-state index contributed by atoms with van der Waals surface area (Å²) in [6.07, 6.45) is 4.67. The van der Waals surface area contributed by atoms with Crippen LogP contribution >= 0.6 is 0 Å². The van der Waals surface area contributed by atoms with E-state index in [9.17, 15) is 9.90 Å². The van der Waals surface area contributed by atoms with E-state index < -0.39 is 0 Å². The van der Waals surface area contributed by atoms with Crippen LogP contribution in [0, 0.1) is 0 Å². The van der Waals surface area contributed by atoms with Crippen molar-refractivity contribution in [3.05, 3.63) is 29.1 Å². The molecule has 1 aromatic heterocycles.